The molecule has 0 radical (unpaired) electrons. The molecule has 2 rings (SSSR count). The number of aromatic nitrogens is 1. The Hall–Kier alpha value is -1.98. The summed E-state index contributed by atoms with van der Waals surface area (Å²) in [5, 5.41) is -0.137. The highest BCUT2D eigenvalue weighted by Gasteiger charge is 2.34. The van der Waals surface area contributed by atoms with Crippen molar-refractivity contribution in [3.8, 4) is 5.75 Å². The smallest absolute Gasteiger partial charge is 0.418 e. The van der Waals surface area contributed by atoms with Crippen molar-refractivity contribution in [2.75, 3.05) is 0 Å². The van der Waals surface area contributed by atoms with E-state index in [-0.39, 0.29) is 23.1 Å². The number of hydrogen-bond acceptors (Lipinski definition) is 2. The minimum atomic E-state index is -4.49. The highest BCUT2D eigenvalue weighted by atomic mass is 19.4. The number of hydrogen-bond donors (Lipinski definition) is 1. The lowest BCUT2D eigenvalue weighted by Crippen LogP contribution is -2.04. The number of fused-ring (bicyclic) bond motifs is 1. The molecule has 0 amide bonds. The Morgan fingerprint density at radius 2 is 2.06 bits per heavy atom. The van der Waals surface area contributed by atoms with Gasteiger partial charge in [-0.3, -0.25) is 4.79 Å². The summed E-state index contributed by atoms with van der Waals surface area (Å²) in [6, 6.07) is 4.28. The Morgan fingerprint density at radius 1 is 1.31 bits per heavy atom. The first kappa shape index (κ1) is 10.5. The van der Waals surface area contributed by atoms with Crippen molar-refractivity contribution in [2.45, 2.75) is 6.18 Å². The van der Waals surface area contributed by atoms with Crippen LogP contribution >= 0.6 is 0 Å². The van der Waals surface area contributed by atoms with Crippen molar-refractivity contribution >= 4 is 17.4 Å². The molecule has 0 aliphatic heterocycles. The molecule has 1 N–H and O–H groups in total. The van der Waals surface area contributed by atoms with E-state index < -0.39 is 11.7 Å². The summed E-state index contributed by atoms with van der Waals surface area (Å²) in [6.45, 7) is 0.0991. The Labute approximate surface area is 87.8 Å². The quantitative estimate of drug-likeness (QED) is 0.804. The first-order valence-electron chi connectivity index (χ1n) is 4.31. The van der Waals surface area contributed by atoms with E-state index >= 15 is 0 Å². The van der Waals surface area contributed by atoms with Crippen molar-refractivity contribution in [1.29, 1.82) is 0 Å². The number of nitrogens with one attached hydrogen (secondary N) is 1. The van der Waals surface area contributed by atoms with Gasteiger partial charge in [0.15, 0.2) is 0 Å². The summed E-state index contributed by atoms with van der Waals surface area (Å²) in [6.07, 6.45) is -3.64. The van der Waals surface area contributed by atoms with Crippen LogP contribution in [0.4, 0.5) is 13.2 Å². The second kappa shape index (κ2) is 3.55. The fourth-order valence-corrected chi connectivity index (χ4v) is 1.52. The van der Waals surface area contributed by atoms with Gasteiger partial charge in [0.2, 0.25) is 0 Å². The molecular formula is C10H6F3NO2. The van der Waals surface area contributed by atoms with Gasteiger partial charge in [-0.25, -0.2) is 0 Å². The number of benzene rings is 1. The minimum Gasteiger partial charge on any atom is -0.428 e. The third-order valence-corrected chi connectivity index (χ3v) is 2.15. The molecule has 0 aliphatic rings. The van der Waals surface area contributed by atoms with Gasteiger partial charge >= 0.3 is 6.18 Å². The zero-order valence-electron chi connectivity index (χ0n) is 7.84. The summed E-state index contributed by atoms with van der Waals surface area (Å²) >= 11 is 0. The number of ether oxygens (including phenoxy) is 1. The number of alkyl halides is 3. The Balaban J connectivity index is 2.72. The molecule has 1 aromatic carbocycles. The van der Waals surface area contributed by atoms with Crippen LogP contribution in [-0.2, 0) is 11.0 Å². The third kappa shape index (κ3) is 1.62. The summed E-state index contributed by atoms with van der Waals surface area (Å²) in [5.41, 5.74) is -0.577. The highest BCUT2D eigenvalue weighted by Crippen LogP contribution is 2.38. The Bertz CT molecular complexity index is 530. The Morgan fingerprint density at radius 3 is 2.69 bits per heavy atom. The van der Waals surface area contributed by atoms with Gasteiger partial charge in [-0.05, 0) is 12.1 Å². The first-order valence-corrected chi connectivity index (χ1v) is 4.31. The molecule has 0 atom stereocenters. The molecule has 16 heavy (non-hydrogen) atoms. The molecule has 3 nitrogen and oxygen atoms in total. The van der Waals surface area contributed by atoms with Gasteiger partial charge in [0.25, 0.3) is 6.47 Å². The molecular weight excluding hydrogens is 223 g/mol. The van der Waals surface area contributed by atoms with E-state index in [0.29, 0.717) is 0 Å². The molecule has 84 valence electrons. The molecule has 0 aliphatic carbocycles. The fourth-order valence-electron chi connectivity index (χ4n) is 1.52. The predicted molar refractivity (Wildman–Crippen MR) is 50.0 cm³/mol. The topological polar surface area (TPSA) is 42.1 Å². The van der Waals surface area contributed by atoms with E-state index in [4.69, 9.17) is 0 Å². The summed E-state index contributed by atoms with van der Waals surface area (Å²) < 4.78 is 42.3. The van der Waals surface area contributed by atoms with Crippen LogP contribution in [0, 0.1) is 0 Å². The summed E-state index contributed by atoms with van der Waals surface area (Å²) in [7, 11) is 0. The lowest BCUT2D eigenvalue weighted by Gasteiger charge is -2.06. The van der Waals surface area contributed by atoms with Gasteiger partial charge in [0.05, 0.1) is 10.9 Å². The van der Waals surface area contributed by atoms with Crippen molar-refractivity contribution in [2.24, 2.45) is 0 Å². The molecule has 2 aromatic rings. The van der Waals surface area contributed by atoms with Crippen LogP contribution in [0.25, 0.3) is 10.9 Å². The van der Waals surface area contributed by atoms with E-state index in [1.165, 1.54) is 18.2 Å². The molecule has 0 bridgehead atoms. The maximum absolute atomic E-state index is 12.6. The van der Waals surface area contributed by atoms with Gasteiger partial charge in [-0.15, -0.1) is 0 Å². The summed E-state index contributed by atoms with van der Waals surface area (Å²) in [4.78, 5) is 12.7. The van der Waals surface area contributed by atoms with Crippen molar-refractivity contribution in [3.05, 3.63) is 30.0 Å². The maximum Gasteiger partial charge on any atom is 0.418 e. The number of H-pyrrole nitrogens is 1. The molecule has 0 unspecified atom stereocenters. The molecule has 1 heterocycles. The first-order chi connectivity index (χ1) is 7.54. The third-order valence-electron chi connectivity index (χ3n) is 2.15. The zero-order chi connectivity index (χ0) is 11.8. The molecule has 0 spiro atoms. The average Bonchev–Trinajstić information content (AvgIpc) is 2.62. The molecule has 1 aromatic heterocycles. The van der Waals surface area contributed by atoms with E-state index in [2.05, 4.69) is 9.72 Å². The molecule has 0 saturated heterocycles. The SMILES string of the molecule is O=COc1cccc2[nH]cc(C(F)(F)F)c12. The van der Waals surface area contributed by atoms with Crippen molar-refractivity contribution in [3.63, 3.8) is 0 Å². The van der Waals surface area contributed by atoms with Crippen LogP contribution < -0.4 is 4.74 Å². The van der Waals surface area contributed by atoms with Crippen LogP contribution in [0.2, 0.25) is 0 Å². The van der Waals surface area contributed by atoms with E-state index in [9.17, 15) is 18.0 Å². The van der Waals surface area contributed by atoms with E-state index in [1.807, 2.05) is 0 Å². The average molecular weight is 229 g/mol. The molecule has 0 fully saturated rings. The normalized spacial score (nSPS) is 11.7. The van der Waals surface area contributed by atoms with Gasteiger partial charge in [-0.2, -0.15) is 13.2 Å². The number of halogens is 3. The zero-order valence-corrected chi connectivity index (χ0v) is 7.84. The van der Waals surface area contributed by atoms with Crippen LogP contribution in [0.15, 0.2) is 24.4 Å². The number of carbonyl (C=O) groups excluding carboxylic acids is 1. The van der Waals surface area contributed by atoms with Crippen molar-refractivity contribution < 1.29 is 22.7 Å². The Kier molecular flexibility index (Phi) is 2.34. The van der Waals surface area contributed by atoms with Crippen LogP contribution in [0.5, 0.6) is 5.75 Å². The number of carbonyl (C=O) groups is 1. The van der Waals surface area contributed by atoms with Gasteiger partial charge in [0.1, 0.15) is 5.75 Å². The lowest BCUT2D eigenvalue weighted by molar-refractivity contribution is -0.136. The molecule has 0 saturated carbocycles. The maximum atomic E-state index is 12.6. The monoisotopic (exact) mass is 229 g/mol. The van der Waals surface area contributed by atoms with Gasteiger partial charge in [0, 0.05) is 11.7 Å². The second-order valence-corrected chi connectivity index (χ2v) is 3.09. The largest absolute Gasteiger partial charge is 0.428 e. The van der Waals surface area contributed by atoms with Crippen LogP contribution in [0.1, 0.15) is 5.56 Å². The van der Waals surface area contributed by atoms with Crippen molar-refractivity contribution in [1.82, 2.24) is 4.98 Å². The lowest BCUT2D eigenvalue weighted by atomic mass is 10.1. The van der Waals surface area contributed by atoms with E-state index in [0.717, 1.165) is 6.20 Å². The highest BCUT2D eigenvalue weighted by molar-refractivity contribution is 5.90. The predicted octanol–water partition coefficient (Wildman–Crippen LogP) is 2.72. The van der Waals surface area contributed by atoms with E-state index in [1.54, 1.807) is 0 Å². The van der Waals surface area contributed by atoms with Crippen LogP contribution in [-0.4, -0.2) is 11.5 Å². The van der Waals surface area contributed by atoms with Gasteiger partial charge < -0.3 is 9.72 Å². The minimum absolute atomic E-state index is 0.0991. The van der Waals surface area contributed by atoms with Gasteiger partial charge in [-0.1, -0.05) is 6.07 Å². The second-order valence-electron chi connectivity index (χ2n) is 3.09. The van der Waals surface area contributed by atoms with Crippen LogP contribution in [0.3, 0.4) is 0 Å². The molecule has 6 heteroatoms. The number of rotatable bonds is 2. The standard InChI is InChI=1S/C10H6F3NO2/c11-10(12,13)6-4-14-7-2-1-3-8(9(6)7)16-5-15/h1-5,14H. The number of aromatic amines is 1. The fraction of sp³-hybridized carbons (Fsp3) is 0.100. The summed E-state index contributed by atoms with van der Waals surface area (Å²) in [5.74, 6) is -0.110.